The van der Waals surface area contributed by atoms with Gasteiger partial charge in [-0.2, -0.15) is 0 Å². The van der Waals surface area contributed by atoms with Gasteiger partial charge in [0.15, 0.2) is 0 Å². The molecule has 2 nitrogen and oxygen atoms in total. The molecule has 1 saturated carbocycles. The molecule has 2 N–H and O–H groups in total. The third-order valence-electron chi connectivity index (χ3n) is 3.42. The Kier molecular flexibility index (Phi) is 4.46. The van der Waals surface area contributed by atoms with Crippen molar-refractivity contribution in [3.63, 3.8) is 0 Å². The van der Waals surface area contributed by atoms with Gasteiger partial charge in [-0.15, -0.1) is 11.8 Å². The Morgan fingerprint density at radius 2 is 2.24 bits per heavy atom. The van der Waals surface area contributed by atoms with Crippen LogP contribution in [0.4, 0.5) is 0 Å². The Morgan fingerprint density at radius 3 is 2.82 bits per heavy atom. The SMILES string of the molecule is CC1CCCC(Sc2ccc(C(C)N)nc2)C1. The van der Waals surface area contributed by atoms with Gasteiger partial charge in [0.25, 0.3) is 0 Å². The molecule has 1 heterocycles. The summed E-state index contributed by atoms with van der Waals surface area (Å²) in [6, 6.07) is 4.25. The van der Waals surface area contributed by atoms with E-state index in [1.165, 1.54) is 30.6 Å². The van der Waals surface area contributed by atoms with E-state index in [0.717, 1.165) is 16.9 Å². The zero-order valence-electron chi connectivity index (χ0n) is 10.7. The van der Waals surface area contributed by atoms with Gasteiger partial charge in [0.1, 0.15) is 0 Å². The average molecular weight is 250 g/mol. The minimum absolute atomic E-state index is 0.0313. The number of pyridine rings is 1. The molecule has 2 rings (SSSR count). The first-order chi connectivity index (χ1) is 8.15. The van der Waals surface area contributed by atoms with Crippen molar-refractivity contribution in [1.29, 1.82) is 0 Å². The molecule has 0 radical (unpaired) electrons. The van der Waals surface area contributed by atoms with Crippen molar-refractivity contribution in [2.45, 2.75) is 55.7 Å². The van der Waals surface area contributed by atoms with E-state index in [9.17, 15) is 0 Å². The van der Waals surface area contributed by atoms with Crippen LogP contribution in [0.3, 0.4) is 0 Å². The molecule has 1 aliphatic carbocycles. The largest absolute Gasteiger partial charge is 0.323 e. The number of hydrogen-bond acceptors (Lipinski definition) is 3. The van der Waals surface area contributed by atoms with E-state index >= 15 is 0 Å². The zero-order valence-corrected chi connectivity index (χ0v) is 11.5. The maximum Gasteiger partial charge on any atom is 0.0569 e. The summed E-state index contributed by atoms with van der Waals surface area (Å²) >= 11 is 1.99. The topological polar surface area (TPSA) is 38.9 Å². The highest BCUT2D eigenvalue weighted by atomic mass is 32.2. The Hall–Kier alpha value is -0.540. The number of hydrogen-bond donors (Lipinski definition) is 1. The Bertz CT molecular complexity index is 348. The molecule has 1 aliphatic rings. The van der Waals surface area contributed by atoms with E-state index in [-0.39, 0.29) is 6.04 Å². The molecule has 0 bridgehead atoms. The van der Waals surface area contributed by atoms with Crippen molar-refractivity contribution in [3.05, 3.63) is 24.0 Å². The van der Waals surface area contributed by atoms with Crippen LogP contribution in [0.1, 0.15) is 51.3 Å². The predicted molar refractivity (Wildman–Crippen MR) is 74.1 cm³/mol. The Balaban J connectivity index is 1.94. The van der Waals surface area contributed by atoms with Crippen molar-refractivity contribution in [1.82, 2.24) is 4.98 Å². The van der Waals surface area contributed by atoms with Gasteiger partial charge in [-0.05, 0) is 37.8 Å². The van der Waals surface area contributed by atoms with Crippen LogP contribution >= 0.6 is 11.8 Å². The van der Waals surface area contributed by atoms with Crippen molar-refractivity contribution in [3.8, 4) is 0 Å². The van der Waals surface area contributed by atoms with E-state index in [1.807, 2.05) is 24.9 Å². The summed E-state index contributed by atoms with van der Waals surface area (Å²) in [6.45, 7) is 4.34. The maximum absolute atomic E-state index is 5.80. The number of aromatic nitrogens is 1. The highest BCUT2D eigenvalue weighted by Crippen LogP contribution is 2.35. The quantitative estimate of drug-likeness (QED) is 0.887. The summed E-state index contributed by atoms with van der Waals surface area (Å²) < 4.78 is 0. The molecule has 0 spiro atoms. The normalized spacial score (nSPS) is 26.8. The lowest BCUT2D eigenvalue weighted by Crippen LogP contribution is -2.15. The summed E-state index contributed by atoms with van der Waals surface area (Å²) in [5, 5.41) is 0.779. The van der Waals surface area contributed by atoms with Crippen molar-refractivity contribution in [2.24, 2.45) is 11.7 Å². The van der Waals surface area contributed by atoms with Crippen LogP contribution in [0.15, 0.2) is 23.2 Å². The molecule has 3 heteroatoms. The average Bonchev–Trinajstić information content (AvgIpc) is 2.29. The molecule has 17 heavy (non-hydrogen) atoms. The fourth-order valence-electron chi connectivity index (χ4n) is 2.41. The number of thioether (sulfide) groups is 1. The fraction of sp³-hybridized carbons (Fsp3) is 0.643. The second kappa shape index (κ2) is 5.87. The summed E-state index contributed by atoms with van der Waals surface area (Å²) in [5.41, 5.74) is 6.78. The highest BCUT2D eigenvalue weighted by molar-refractivity contribution is 8.00. The lowest BCUT2D eigenvalue weighted by molar-refractivity contribution is 0.394. The van der Waals surface area contributed by atoms with Gasteiger partial charge < -0.3 is 5.73 Å². The van der Waals surface area contributed by atoms with Gasteiger partial charge in [-0.3, -0.25) is 4.98 Å². The van der Waals surface area contributed by atoms with E-state index in [2.05, 4.69) is 24.0 Å². The molecule has 94 valence electrons. The van der Waals surface area contributed by atoms with Gasteiger partial charge in [-0.1, -0.05) is 19.8 Å². The van der Waals surface area contributed by atoms with Crippen LogP contribution in [-0.4, -0.2) is 10.2 Å². The summed E-state index contributed by atoms with van der Waals surface area (Å²) in [4.78, 5) is 5.70. The highest BCUT2D eigenvalue weighted by Gasteiger charge is 2.19. The van der Waals surface area contributed by atoms with E-state index in [4.69, 9.17) is 5.73 Å². The minimum Gasteiger partial charge on any atom is -0.323 e. The monoisotopic (exact) mass is 250 g/mol. The fourth-order valence-corrected chi connectivity index (χ4v) is 3.76. The molecule has 0 aromatic carbocycles. The van der Waals surface area contributed by atoms with Crippen LogP contribution in [0.2, 0.25) is 0 Å². The second-order valence-electron chi connectivity index (χ2n) is 5.22. The van der Waals surface area contributed by atoms with E-state index in [0.29, 0.717) is 0 Å². The van der Waals surface area contributed by atoms with E-state index < -0.39 is 0 Å². The molecular formula is C14H22N2S. The molecule has 1 fully saturated rings. The van der Waals surface area contributed by atoms with Crippen molar-refractivity contribution >= 4 is 11.8 Å². The number of nitrogens with two attached hydrogens (primary N) is 1. The van der Waals surface area contributed by atoms with Crippen molar-refractivity contribution in [2.75, 3.05) is 0 Å². The molecule has 0 amide bonds. The smallest absolute Gasteiger partial charge is 0.0569 e. The molecule has 3 unspecified atom stereocenters. The van der Waals surface area contributed by atoms with Crippen LogP contribution < -0.4 is 5.73 Å². The van der Waals surface area contributed by atoms with Gasteiger partial charge in [0.2, 0.25) is 0 Å². The Morgan fingerprint density at radius 1 is 1.41 bits per heavy atom. The molecule has 0 saturated heterocycles. The lowest BCUT2D eigenvalue weighted by atomic mass is 9.91. The summed E-state index contributed by atoms with van der Waals surface area (Å²) in [5.74, 6) is 0.887. The van der Waals surface area contributed by atoms with Gasteiger partial charge >= 0.3 is 0 Å². The second-order valence-corrected chi connectivity index (χ2v) is 6.59. The summed E-state index contributed by atoms with van der Waals surface area (Å²) in [7, 11) is 0. The van der Waals surface area contributed by atoms with Gasteiger partial charge in [0, 0.05) is 22.4 Å². The molecule has 0 aliphatic heterocycles. The van der Waals surface area contributed by atoms with Crippen LogP contribution in [0, 0.1) is 5.92 Å². The van der Waals surface area contributed by atoms with Crippen LogP contribution in [0.25, 0.3) is 0 Å². The maximum atomic E-state index is 5.80. The predicted octanol–water partition coefficient (Wildman–Crippen LogP) is 3.77. The zero-order chi connectivity index (χ0) is 12.3. The van der Waals surface area contributed by atoms with E-state index in [1.54, 1.807) is 0 Å². The molecular weight excluding hydrogens is 228 g/mol. The van der Waals surface area contributed by atoms with Gasteiger partial charge in [0.05, 0.1) is 5.69 Å². The third-order valence-corrected chi connectivity index (χ3v) is 4.69. The van der Waals surface area contributed by atoms with Crippen LogP contribution in [-0.2, 0) is 0 Å². The standard InChI is InChI=1S/C14H22N2S/c1-10-4-3-5-12(8-10)17-13-6-7-14(11(2)15)16-9-13/h6-7,9-12H,3-5,8,15H2,1-2H3. The third kappa shape index (κ3) is 3.71. The number of rotatable bonds is 3. The molecule has 3 atom stereocenters. The first-order valence-corrected chi connectivity index (χ1v) is 7.41. The number of nitrogens with zero attached hydrogens (tertiary/aromatic N) is 1. The van der Waals surface area contributed by atoms with Crippen molar-refractivity contribution < 1.29 is 0 Å². The molecule has 1 aromatic rings. The summed E-state index contributed by atoms with van der Waals surface area (Å²) in [6.07, 6.45) is 7.45. The minimum atomic E-state index is 0.0313. The lowest BCUT2D eigenvalue weighted by Gasteiger charge is -2.26. The Labute approximate surface area is 108 Å². The van der Waals surface area contributed by atoms with Gasteiger partial charge in [-0.25, -0.2) is 0 Å². The first-order valence-electron chi connectivity index (χ1n) is 6.53. The van der Waals surface area contributed by atoms with Crippen LogP contribution in [0.5, 0.6) is 0 Å². The molecule has 1 aromatic heterocycles. The first kappa shape index (κ1) is 12.9.